The van der Waals surface area contributed by atoms with Crippen LogP contribution in [0.2, 0.25) is 0 Å². The number of hydrogen-bond donors (Lipinski definition) is 1. The first kappa shape index (κ1) is 27.9. The first-order valence-electron chi connectivity index (χ1n) is 12.0. The van der Waals surface area contributed by atoms with Gasteiger partial charge in [0.05, 0.1) is 21.7 Å². The van der Waals surface area contributed by atoms with Gasteiger partial charge in [-0.1, -0.05) is 31.2 Å². The second-order valence-corrected chi connectivity index (χ2v) is 9.70. The number of benzene rings is 3. The Morgan fingerprint density at radius 2 is 1.79 bits per heavy atom. The molecule has 0 aliphatic carbocycles. The number of ether oxygens (including phenoxy) is 2. The largest absolute Gasteiger partial charge is 0.490 e. The molecular weight excluding hydrogens is 586 g/mol. The number of non-ortho nitro benzene ring substituents is 1. The quantitative estimate of drug-likeness (QED) is 0.108. The molecule has 0 unspecified atom stereocenters. The molecule has 1 aliphatic rings. The van der Waals surface area contributed by atoms with E-state index < -0.39 is 16.7 Å². The highest BCUT2D eigenvalue weighted by atomic mass is 79.9. The van der Waals surface area contributed by atoms with E-state index in [1.54, 1.807) is 36.4 Å². The molecule has 4 rings (SSSR count). The molecule has 11 heteroatoms. The Kier molecular flexibility index (Phi) is 8.72. The van der Waals surface area contributed by atoms with Gasteiger partial charge in [-0.2, -0.15) is 0 Å². The number of nitrogens with zero attached hydrogens (tertiary/aromatic N) is 2. The minimum Gasteiger partial charge on any atom is -0.490 e. The van der Waals surface area contributed by atoms with Crippen molar-refractivity contribution in [2.75, 3.05) is 11.5 Å². The average Bonchev–Trinajstić information content (AvgIpc) is 2.91. The molecule has 3 aromatic rings. The van der Waals surface area contributed by atoms with Gasteiger partial charge in [0.25, 0.3) is 17.5 Å². The van der Waals surface area contributed by atoms with Crippen LogP contribution in [0.25, 0.3) is 6.08 Å². The third kappa shape index (κ3) is 6.32. The molecule has 1 N–H and O–H groups in total. The second-order valence-electron chi connectivity index (χ2n) is 8.46. The van der Waals surface area contributed by atoms with Crippen molar-refractivity contribution in [2.45, 2.75) is 26.9 Å². The number of carbonyl (C=O) groups excluding carboxylic acids is 2. The summed E-state index contributed by atoms with van der Waals surface area (Å²) in [4.78, 5) is 38.1. The number of aryl methyl sites for hydroxylation is 1. The molecule has 0 atom stereocenters. The molecule has 200 valence electrons. The first-order chi connectivity index (χ1) is 18.7. The summed E-state index contributed by atoms with van der Waals surface area (Å²) in [6.45, 7) is 4.23. The normalized spacial score (nSPS) is 14.4. The highest BCUT2D eigenvalue weighted by Crippen LogP contribution is 2.38. The van der Waals surface area contributed by atoms with Gasteiger partial charge in [-0.25, -0.2) is 0 Å². The zero-order valence-corrected chi connectivity index (χ0v) is 23.5. The summed E-state index contributed by atoms with van der Waals surface area (Å²) in [7, 11) is 0. The Morgan fingerprint density at radius 1 is 1.05 bits per heavy atom. The SMILES string of the molecule is CCOc1cc(/C=C2\C(=O)NC(=S)N(c3ccc(CC)cc3)C2=O)cc(Br)c1OCc1cccc([N+](=O)[O-])c1. The van der Waals surface area contributed by atoms with E-state index in [0.717, 1.165) is 12.0 Å². The van der Waals surface area contributed by atoms with Crippen molar-refractivity contribution in [1.29, 1.82) is 0 Å². The van der Waals surface area contributed by atoms with Crippen LogP contribution in [0.5, 0.6) is 11.5 Å². The van der Waals surface area contributed by atoms with E-state index in [9.17, 15) is 19.7 Å². The van der Waals surface area contributed by atoms with E-state index in [4.69, 9.17) is 21.7 Å². The molecule has 1 saturated heterocycles. The first-order valence-corrected chi connectivity index (χ1v) is 13.2. The summed E-state index contributed by atoms with van der Waals surface area (Å²) < 4.78 is 12.2. The van der Waals surface area contributed by atoms with Crippen molar-refractivity contribution < 1.29 is 24.0 Å². The Labute approximate surface area is 238 Å². The molecule has 0 spiro atoms. The Hall–Kier alpha value is -4.09. The van der Waals surface area contributed by atoms with Gasteiger partial charge in [0.15, 0.2) is 16.6 Å². The third-order valence-corrected chi connectivity index (χ3v) is 6.73. The van der Waals surface area contributed by atoms with Crippen LogP contribution >= 0.6 is 28.1 Å². The van der Waals surface area contributed by atoms with Crippen LogP contribution < -0.4 is 19.7 Å². The number of nitro benzene ring substituents is 1. The minimum atomic E-state index is -0.605. The lowest BCUT2D eigenvalue weighted by Crippen LogP contribution is -2.54. The van der Waals surface area contributed by atoms with Crippen LogP contribution in [0.15, 0.2) is 70.7 Å². The summed E-state index contributed by atoms with van der Waals surface area (Å²) in [5.41, 5.74) is 2.65. The van der Waals surface area contributed by atoms with Crippen LogP contribution in [-0.4, -0.2) is 28.5 Å². The number of nitrogens with one attached hydrogen (secondary N) is 1. The number of nitro groups is 1. The van der Waals surface area contributed by atoms with Crippen molar-refractivity contribution in [2.24, 2.45) is 0 Å². The van der Waals surface area contributed by atoms with Gasteiger partial charge in [0.2, 0.25) is 0 Å². The maximum absolute atomic E-state index is 13.4. The standard InChI is InChI=1S/C28H24BrN3O6S/c1-3-17-8-10-20(11-9-17)31-27(34)22(26(33)30-28(31)39)13-19-14-23(29)25(24(15-19)37-4-2)38-16-18-6-5-7-21(12-18)32(35)36/h5-15H,3-4,16H2,1-2H3,(H,30,33,39)/b22-13+. The molecule has 9 nitrogen and oxygen atoms in total. The summed E-state index contributed by atoms with van der Waals surface area (Å²) in [6, 6.07) is 16.9. The highest BCUT2D eigenvalue weighted by Gasteiger charge is 2.34. The predicted octanol–water partition coefficient (Wildman–Crippen LogP) is 5.73. The van der Waals surface area contributed by atoms with Crippen molar-refractivity contribution in [1.82, 2.24) is 5.32 Å². The Bertz CT molecular complexity index is 1490. The van der Waals surface area contributed by atoms with Crippen LogP contribution in [0.3, 0.4) is 0 Å². The fourth-order valence-corrected chi connectivity index (χ4v) is 4.78. The lowest BCUT2D eigenvalue weighted by molar-refractivity contribution is -0.384. The van der Waals surface area contributed by atoms with Crippen molar-refractivity contribution in [3.63, 3.8) is 0 Å². The van der Waals surface area contributed by atoms with E-state index in [2.05, 4.69) is 21.2 Å². The zero-order valence-electron chi connectivity index (χ0n) is 21.1. The van der Waals surface area contributed by atoms with Gasteiger partial charge >= 0.3 is 0 Å². The second kappa shape index (κ2) is 12.2. The number of rotatable bonds is 9. The maximum atomic E-state index is 13.4. The summed E-state index contributed by atoms with van der Waals surface area (Å²) in [5.74, 6) is -0.404. The summed E-state index contributed by atoms with van der Waals surface area (Å²) >= 11 is 8.78. The molecular formula is C28H24BrN3O6S. The van der Waals surface area contributed by atoms with E-state index in [-0.39, 0.29) is 23.0 Å². The van der Waals surface area contributed by atoms with Crippen LogP contribution in [0.4, 0.5) is 11.4 Å². The maximum Gasteiger partial charge on any atom is 0.270 e. The third-order valence-electron chi connectivity index (χ3n) is 5.85. The van der Waals surface area contributed by atoms with Crippen molar-refractivity contribution in [3.8, 4) is 11.5 Å². The van der Waals surface area contributed by atoms with Gasteiger partial charge in [0, 0.05) is 12.1 Å². The van der Waals surface area contributed by atoms with Gasteiger partial charge in [-0.3, -0.25) is 29.9 Å². The number of carbonyl (C=O) groups is 2. The highest BCUT2D eigenvalue weighted by molar-refractivity contribution is 9.10. The predicted molar refractivity (Wildman–Crippen MR) is 155 cm³/mol. The van der Waals surface area contributed by atoms with E-state index in [1.807, 2.05) is 26.0 Å². The molecule has 0 saturated carbocycles. The van der Waals surface area contributed by atoms with E-state index in [1.165, 1.54) is 23.1 Å². The molecule has 2 amide bonds. The molecule has 0 radical (unpaired) electrons. The molecule has 39 heavy (non-hydrogen) atoms. The van der Waals surface area contributed by atoms with Crippen molar-refractivity contribution >= 4 is 62.5 Å². The van der Waals surface area contributed by atoms with Crippen LogP contribution in [-0.2, 0) is 22.6 Å². The Balaban J connectivity index is 1.64. The summed E-state index contributed by atoms with van der Waals surface area (Å²) in [5, 5.41) is 13.7. The number of halogens is 1. The number of anilines is 1. The number of thiocarbonyl (C=S) groups is 1. The van der Waals surface area contributed by atoms with E-state index >= 15 is 0 Å². The van der Waals surface area contributed by atoms with E-state index in [0.29, 0.717) is 39.4 Å². The van der Waals surface area contributed by atoms with Gasteiger partial charge in [0.1, 0.15) is 12.2 Å². The minimum absolute atomic E-state index is 0.00693. The summed E-state index contributed by atoms with van der Waals surface area (Å²) in [6.07, 6.45) is 2.31. The zero-order chi connectivity index (χ0) is 28.1. The monoisotopic (exact) mass is 609 g/mol. The number of hydrogen-bond acceptors (Lipinski definition) is 7. The molecule has 1 aliphatic heterocycles. The molecule has 0 bridgehead atoms. The lowest BCUT2D eigenvalue weighted by atomic mass is 10.1. The smallest absolute Gasteiger partial charge is 0.270 e. The van der Waals surface area contributed by atoms with Crippen LogP contribution in [0, 0.1) is 10.1 Å². The topological polar surface area (TPSA) is 111 Å². The van der Waals surface area contributed by atoms with Gasteiger partial charge in [-0.15, -0.1) is 0 Å². The fourth-order valence-electron chi connectivity index (χ4n) is 3.93. The number of amides is 2. The average molecular weight is 610 g/mol. The molecule has 1 fully saturated rings. The van der Waals surface area contributed by atoms with Crippen molar-refractivity contribution in [3.05, 3.63) is 97.5 Å². The van der Waals surface area contributed by atoms with Crippen LogP contribution in [0.1, 0.15) is 30.5 Å². The molecule has 0 aromatic heterocycles. The molecule has 1 heterocycles. The van der Waals surface area contributed by atoms with Gasteiger partial charge < -0.3 is 9.47 Å². The Morgan fingerprint density at radius 3 is 2.46 bits per heavy atom. The fraction of sp³-hybridized carbons (Fsp3) is 0.179. The molecule has 3 aromatic carbocycles. The lowest BCUT2D eigenvalue weighted by Gasteiger charge is -2.29. The van der Waals surface area contributed by atoms with Gasteiger partial charge in [-0.05, 0) is 88.5 Å².